The second-order valence-corrected chi connectivity index (χ2v) is 9.87. The Balaban J connectivity index is 1.53. The summed E-state index contributed by atoms with van der Waals surface area (Å²) in [5.41, 5.74) is 5.11. The van der Waals surface area contributed by atoms with Crippen molar-refractivity contribution in [2.24, 2.45) is 7.05 Å². The highest BCUT2D eigenvalue weighted by Crippen LogP contribution is 2.36. The Kier molecular flexibility index (Phi) is 5.35. The summed E-state index contributed by atoms with van der Waals surface area (Å²) in [5, 5.41) is 25.2. The predicted octanol–water partition coefficient (Wildman–Crippen LogP) is 4.22. The zero-order chi connectivity index (χ0) is 25.1. The van der Waals surface area contributed by atoms with Crippen molar-refractivity contribution in [3.05, 3.63) is 69.5 Å². The molecular weight excluding hydrogens is 478 g/mol. The number of nitrogens with one attached hydrogen (secondary N) is 1. The van der Waals surface area contributed by atoms with Gasteiger partial charge in [0.25, 0.3) is 5.56 Å². The van der Waals surface area contributed by atoms with Crippen molar-refractivity contribution in [1.82, 2.24) is 29.1 Å². The van der Waals surface area contributed by atoms with Gasteiger partial charge in [0.2, 0.25) is 0 Å². The summed E-state index contributed by atoms with van der Waals surface area (Å²) in [5.74, 6) is 0. The number of aromatic nitrogens is 6. The van der Waals surface area contributed by atoms with E-state index in [4.69, 9.17) is 11.6 Å². The molecule has 5 aromatic rings. The first-order valence-corrected chi connectivity index (χ1v) is 12.3. The van der Waals surface area contributed by atoms with Gasteiger partial charge in [-0.25, -0.2) is 9.67 Å². The maximum absolute atomic E-state index is 13.6. The second kappa shape index (κ2) is 8.46. The van der Waals surface area contributed by atoms with Gasteiger partial charge in [-0.05, 0) is 49.6 Å². The van der Waals surface area contributed by atoms with Crippen LogP contribution in [0.5, 0.6) is 0 Å². The van der Waals surface area contributed by atoms with Gasteiger partial charge in [0.15, 0.2) is 0 Å². The quantitative estimate of drug-likeness (QED) is 0.348. The summed E-state index contributed by atoms with van der Waals surface area (Å²) in [4.78, 5) is 18.2. The summed E-state index contributed by atoms with van der Waals surface area (Å²) in [7, 11) is 1.86. The number of aryl methyl sites for hydroxylation is 3. The Hall–Kier alpha value is -3.69. The fraction of sp³-hybridized carbons (Fsp3) is 0.308. The van der Waals surface area contributed by atoms with Gasteiger partial charge in [-0.3, -0.25) is 14.0 Å². The van der Waals surface area contributed by atoms with E-state index in [0.29, 0.717) is 29.2 Å². The lowest BCUT2D eigenvalue weighted by Crippen LogP contribution is -2.31. The second-order valence-electron chi connectivity index (χ2n) is 9.48. The number of pyridine rings is 2. The number of aliphatic hydroxyl groups excluding tert-OH is 1. The molecule has 10 heteroatoms. The van der Waals surface area contributed by atoms with E-state index in [1.807, 2.05) is 38.5 Å². The molecule has 9 nitrogen and oxygen atoms in total. The number of rotatable bonds is 5. The average Bonchev–Trinajstić information content (AvgIpc) is 3.50. The van der Waals surface area contributed by atoms with Crippen LogP contribution in [-0.4, -0.2) is 40.8 Å². The predicted molar refractivity (Wildman–Crippen MR) is 140 cm³/mol. The van der Waals surface area contributed by atoms with E-state index in [1.54, 1.807) is 26.2 Å². The van der Waals surface area contributed by atoms with Gasteiger partial charge < -0.3 is 10.4 Å². The number of anilines is 1. The summed E-state index contributed by atoms with van der Waals surface area (Å²) < 4.78 is 5.31. The van der Waals surface area contributed by atoms with Crippen molar-refractivity contribution in [3.8, 4) is 11.3 Å². The third-order valence-electron chi connectivity index (χ3n) is 7.00. The zero-order valence-electron chi connectivity index (χ0n) is 20.2. The monoisotopic (exact) mass is 503 g/mol. The lowest BCUT2D eigenvalue weighted by Gasteiger charge is -2.25. The highest BCUT2D eigenvalue weighted by Gasteiger charge is 2.27. The molecule has 0 saturated carbocycles. The molecule has 0 aliphatic carbocycles. The van der Waals surface area contributed by atoms with Crippen molar-refractivity contribution in [1.29, 1.82) is 0 Å². The minimum absolute atomic E-state index is 0.0115. The molecule has 1 aromatic carbocycles. The van der Waals surface area contributed by atoms with E-state index >= 15 is 0 Å². The van der Waals surface area contributed by atoms with Crippen molar-refractivity contribution >= 4 is 39.1 Å². The molecule has 2 atom stereocenters. The fourth-order valence-corrected chi connectivity index (χ4v) is 5.49. The Morgan fingerprint density at radius 3 is 2.81 bits per heavy atom. The van der Waals surface area contributed by atoms with Gasteiger partial charge in [0.05, 0.1) is 36.4 Å². The highest BCUT2D eigenvalue weighted by molar-refractivity contribution is 6.29. The normalized spacial score (nSPS) is 16.1. The van der Waals surface area contributed by atoms with Crippen LogP contribution < -0.4 is 10.9 Å². The molecule has 2 unspecified atom stereocenters. The Labute approximate surface area is 211 Å². The van der Waals surface area contributed by atoms with Crippen LogP contribution in [0.15, 0.2) is 47.7 Å². The van der Waals surface area contributed by atoms with E-state index in [2.05, 4.69) is 33.5 Å². The molecule has 0 fully saturated rings. The molecule has 2 N–H and O–H groups in total. The molecule has 1 aliphatic heterocycles. The Morgan fingerprint density at radius 2 is 2.06 bits per heavy atom. The number of nitrogens with zero attached hydrogens (tertiary/aromatic N) is 6. The fourth-order valence-electron chi connectivity index (χ4n) is 5.34. The lowest BCUT2D eigenvalue weighted by atomic mass is 9.95. The minimum Gasteiger partial charge on any atom is -0.394 e. The summed E-state index contributed by atoms with van der Waals surface area (Å²) in [6.07, 6.45) is 6.14. The third-order valence-corrected chi connectivity index (χ3v) is 7.21. The minimum atomic E-state index is -0.163. The van der Waals surface area contributed by atoms with E-state index in [1.165, 1.54) is 0 Å². The van der Waals surface area contributed by atoms with Crippen LogP contribution in [0.4, 0.5) is 5.69 Å². The van der Waals surface area contributed by atoms with Crippen LogP contribution in [0.3, 0.4) is 0 Å². The molecule has 6 rings (SSSR count). The van der Waals surface area contributed by atoms with E-state index < -0.39 is 0 Å². The van der Waals surface area contributed by atoms with Crippen molar-refractivity contribution in [3.63, 3.8) is 0 Å². The Morgan fingerprint density at radius 1 is 1.22 bits per heavy atom. The van der Waals surface area contributed by atoms with Gasteiger partial charge in [-0.1, -0.05) is 17.7 Å². The Bertz CT molecular complexity index is 1700. The summed E-state index contributed by atoms with van der Waals surface area (Å²) >= 11 is 6.24. The molecule has 0 saturated heterocycles. The number of hydrogen-bond acceptors (Lipinski definition) is 6. The zero-order valence-corrected chi connectivity index (χ0v) is 21.0. The molecule has 0 bridgehead atoms. The summed E-state index contributed by atoms with van der Waals surface area (Å²) in [6, 6.07) is 7.44. The van der Waals surface area contributed by atoms with Crippen LogP contribution in [0.25, 0.3) is 33.1 Å². The molecule has 36 heavy (non-hydrogen) atoms. The van der Waals surface area contributed by atoms with Crippen LogP contribution in [0.1, 0.15) is 36.6 Å². The van der Waals surface area contributed by atoms with E-state index in [9.17, 15) is 9.90 Å². The standard InChI is InChI=1S/C26H26ClN7O2/c1-14-8-18(15(2)30-21-4-5-22(27)31-24(21)16-10-28-32(3)12-16)23-19(9-14)26(36)33-7-6-17(13-35)34-25(33)20(23)11-29-34/h4-5,8-12,15,17,30,35H,6-7,13H2,1-3H3. The van der Waals surface area contributed by atoms with Crippen molar-refractivity contribution < 1.29 is 5.11 Å². The molecule has 0 radical (unpaired) electrons. The molecule has 184 valence electrons. The van der Waals surface area contributed by atoms with Gasteiger partial charge in [-0.15, -0.1) is 0 Å². The SMILES string of the molecule is Cc1cc(C(C)Nc2ccc(Cl)nc2-c2cnn(C)c2)c2c(c1)c(=O)n1c3c2cnn3C(CO)CC1. The van der Waals surface area contributed by atoms with E-state index in [-0.39, 0.29) is 24.2 Å². The first-order chi connectivity index (χ1) is 17.4. The number of benzene rings is 1. The van der Waals surface area contributed by atoms with Gasteiger partial charge in [0.1, 0.15) is 10.8 Å². The van der Waals surface area contributed by atoms with Crippen LogP contribution in [0.2, 0.25) is 5.15 Å². The first kappa shape index (κ1) is 22.8. The number of fused-ring (bicyclic) bond motifs is 2. The maximum atomic E-state index is 13.6. The average molecular weight is 504 g/mol. The van der Waals surface area contributed by atoms with Crippen molar-refractivity contribution in [2.75, 3.05) is 11.9 Å². The molecule has 5 heterocycles. The van der Waals surface area contributed by atoms with Crippen molar-refractivity contribution in [2.45, 2.75) is 38.9 Å². The molecule has 4 aromatic heterocycles. The molecular formula is C26H26ClN7O2. The first-order valence-electron chi connectivity index (χ1n) is 11.9. The molecule has 1 aliphatic rings. The van der Waals surface area contributed by atoms with Crippen LogP contribution in [-0.2, 0) is 13.6 Å². The van der Waals surface area contributed by atoms with Crippen LogP contribution >= 0.6 is 11.6 Å². The van der Waals surface area contributed by atoms with Crippen LogP contribution in [0, 0.1) is 6.92 Å². The summed E-state index contributed by atoms with van der Waals surface area (Å²) in [6.45, 7) is 4.62. The number of hydrogen-bond donors (Lipinski definition) is 2. The van der Waals surface area contributed by atoms with E-state index in [0.717, 1.165) is 38.8 Å². The van der Waals surface area contributed by atoms with Gasteiger partial charge in [-0.2, -0.15) is 10.2 Å². The smallest absolute Gasteiger partial charge is 0.260 e. The largest absolute Gasteiger partial charge is 0.394 e. The maximum Gasteiger partial charge on any atom is 0.260 e. The lowest BCUT2D eigenvalue weighted by molar-refractivity contribution is 0.200. The van der Waals surface area contributed by atoms with Gasteiger partial charge in [0, 0.05) is 47.6 Å². The van der Waals surface area contributed by atoms with Gasteiger partial charge >= 0.3 is 0 Å². The highest BCUT2D eigenvalue weighted by atomic mass is 35.5. The number of aliphatic hydroxyl groups is 1. The molecule has 0 spiro atoms. The molecule has 0 amide bonds. The number of halogens is 1. The third kappa shape index (κ3) is 3.50. The topological polar surface area (TPSA) is 103 Å².